The maximum absolute atomic E-state index is 11.8. The van der Waals surface area contributed by atoms with E-state index < -0.39 is 5.60 Å². The highest BCUT2D eigenvalue weighted by Crippen LogP contribution is 2.41. The lowest BCUT2D eigenvalue weighted by Crippen LogP contribution is -2.56. The molecule has 1 amide bonds. The van der Waals surface area contributed by atoms with Crippen molar-refractivity contribution in [2.45, 2.75) is 58.1 Å². The van der Waals surface area contributed by atoms with Crippen LogP contribution in [0.15, 0.2) is 5.10 Å². The first kappa shape index (κ1) is 11.4. The van der Waals surface area contributed by atoms with Crippen LogP contribution in [-0.2, 0) is 4.74 Å². The number of hydrogen-bond acceptors (Lipinski definition) is 3. The zero-order valence-corrected chi connectivity index (χ0v) is 10.5. The van der Waals surface area contributed by atoms with Crippen molar-refractivity contribution in [1.29, 1.82) is 0 Å². The largest absolute Gasteiger partial charge is 0.442 e. The quantitative estimate of drug-likeness (QED) is 0.723. The maximum Gasteiger partial charge on any atom is 0.431 e. The predicted octanol–water partition coefficient (Wildman–Crippen LogP) is 2.78. The third-order valence-electron chi connectivity index (χ3n) is 2.90. The van der Waals surface area contributed by atoms with Gasteiger partial charge >= 0.3 is 6.09 Å². The van der Waals surface area contributed by atoms with Crippen LogP contribution in [0.1, 0.15) is 47.0 Å². The second-order valence-corrected chi connectivity index (χ2v) is 6.04. The lowest BCUT2D eigenvalue weighted by molar-refractivity contribution is 0.00227. The van der Waals surface area contributed by atoms with Crippen LogP contribution < -0.4 is 0 Å². The molecule has 4 heteroatoms. The van der Waals surface area contributed by atoms with E-state index in [0.29, 0.717) is 0 Å². The van der Waals surface area contributed by atoms with Crippen molar-refractivity contribution in [3.8, 4) is 0 Å². The first-order valence-electron chi connectivity index (χ1n) is 5.88. The molecule has 0 aromatic rings. The lowest BCUT2D eigenvalue weighted by atomic mass is 9.93. The molecule has 1 fully saturated rings. The van der Waals surface area contributed by atoms with Crippen LogP contribution in [0.5, 0.6) is 0 Å². The molecular weight excluding hydrogens is 204 g/mol. The Labute approximate surface area is 96.6 Å². The molecule has 0 saturated heterocycles. The van der Waals surface area contributed by atoms with E-state index in [-0.39, 0.29) is 11.6 Å². The van der Waals surface area contributed by atoms with E-state index in [1.165, 1.54) is 17.9 Å². The van der Waals surface area contributed by atoms with E-state index in [4.69, 9.17) is 4.74 Å². The molecule has 0 aromatic heterocycles. The van der Waals surface area contributed by atoms with Gasteiger partial charge in [-0.05, 0) is 40.0 Å². The van der Waals surface area contributed by atoms with Crippen LogP contribution in [0, 0.1) is 5.92 Å². The molecule has 4 nitrogen and oxygen atoms in total. The predicted molar refractivity (Wildman–Crippen MR) is 62.3 cm³/mol. The van der Waals surface area contributed by atoms with Gasteiger partial charge in [0.1, 0.15) is 11.1 Å². The highest BCUT2D eigenvalue weighted by molar-refractivity contribution is 5.84. The van der Waals surface area contributed by atoms with E-state index in [2.05, 4.69) is 5.10 Å². The molecule has 0 spiro atoms. The van der Waals surface area contributed by atoms with Crippen molar-refractivity contribution in [2.24, 2.45) is 11.0 Å². The summed E-state index contributed by atoms with van der Waals surface area (Å²) in [4.78, 5) is 11.8. The van der Waals surface area contributed by atoms with Gasteiger partial charge in [0.05, 0.1) is 6.21 Å². The van der Waals surface area contributed by atoms with E-state index in [0.717, 1.165) is 12.3 Å². The van der Waals surface area contributed by atoms with Crippen molar-refractivity contribution in [3.05, 3.63) is 0 Å². The Kier molecular flexibility index (Phi) is 2.48. The summed E-state index contributed by atoms with van der Waals surface area (Å²) >= 11 is 0. The Bertz CT molecular complexity index is 328. The molecule has 16 heavy (non-hydrogen) atoms. The van der Waals surface area contributed by atoms with Crippen LogP contribution in [0.25, 0.3) is 0 Å². The van der Waals surface area contributed by atoms with Gasteiger partial charge in [-0.3, -0.25) is 0 Å². The molecule has 0 aromatic carbocycles. The van der Waals surface area contributed by atoms with Gasteiger partial charge in [-0.2, -0.15) is 10.1 Å². The van der Waals surface area contributed by atoms with Crippen molar-refractivity contribution in [2.75, 3.05) is 0 Å². The maximum atomic E-state index is 11.8. The third-order valence-corrected chi connectivity index (χ3v) is 2.90. The molecule has 2 rings (SSSR count). The smallest absolute Gasteiger partial charge is 0.431 e. The van der Waals surface area contributed by atoms with Crippen LogP contribution >= 0.6 is 0 Å². The number of rotatable bonds is 2. The van der Waals surface area contributed by atoms with Crippen molar-refractivity contribution in [3.63, 3.8) is 0 Å². The minimum atomic E-state index is -0.456. The molecule has 0 bridgehead atoms. The summed E-state index contributed by atoms with van der Waals surface area (Å²) in [5.41, 5.74) is -0.674. The van der Waals surface area contributed by atoms with Crippen LogP contribution in [0.4, 0.5) is 4.79 Å². The van der Waals surface area contributed by atoms with Crippen molar-refractivity contribution in [1.82, 2.24) is 5.01 Å². The molecule has 1 heterocycles. The minimum Gasteiger partial charge on any atom is -0.442 e. The number of carbonyl (C=O) groups excluding carboxylic acids is 1. The first-order chi connectivity index (χ1) is 7.30. The zero-order chi connectivity index (χ0) is 12.0. The van der Waals surface area contributed by atoms with Gasteiger partial charge < -0.3 is 4.74 Å². The van der Waals surface area contributed by atoms with Gasteiger partial charge in [0.2, 0.25) is 0 Å². The average molecular weight is 224 g/mol. The summed E-state index contributed by atoms with van der Waals surface area (Å²) < 4.78 is 5.31. The molecule has 1 unspecified atom stereocenters. The Morgan fingerprint density at radius 3 is 2.56 bits per heavy atom. The molecule has 90 valence electrons. The molecular formula is C12H20N2O2. The number of hydrogen-bond donors (Lipinski definition) is 0. The molecule has 1 atom stereocenters. The lowest BCUT2D eigenvalue weighted by Gasteiger charge is -2.41. The average Bonchev–Trinajstić information content (AvgIpc) is 2.82. The number of carbonyl (C=O) groups is 1. The number of amides is 1. The van der Waals surface area contributed by atoms with Gasteiger partial charge in [-0.25, -0.2) is 4.79 Å². The Morgan fingerprint density at radius 2 is 2.19 bits per heavy atom. The number of nitrogens with zero attached hydrogens (tertiary/aromatic N) is 2. The summed E-state index contributed by atoms with van der Waals surface area (Å²) in [5.74, 6) is 0.765. The van der Waals surface area contributed by atoms with E-state index in [9.17, 15) is 4.79 Å². The standard InChI is InChI=1S/C12H20N2O2/c1-11(2,3)16-10(15)14-12(4,8-13-14)7-9-5-6-9/h8-9H,5-7H2,1-4H3. The molecule has 1 aliphatic heterocycles. The SMILES string of the molecule is CC(C)(C)OC(=O)N1N=CC1(C)CC1CC1. The van der Waals surface area contributed by atoms with E-state index >= 15 is 0 Å². The van der Waals surface area contributed by atoms with Crippen LogP contribution in [-0.4, -0.2) is 28.5 Å². The van der Waals surface area contributed by atoms with E-state index in [1.807, 2.05) is 33.9 Å². The second-order valence-electron chi connectivity index (χ2n) is 6.04. The van der Waals surface area contributed by atoms with Gasteiger partial charge in [0.15, 0.2) is 0 Å². The van der Waals surface area contributed by atoms with Gasteiger partial charge in [0.25, 0.3) is 0 Å². The highest BCUT2D eigenvalue weighted by Gasteiger charge is 2.45. The summed E-state index contributed by atoms with van der Waals surface area (Å²) in [5, 5.41) is 5.50. The summed E-state index contributed by atoms with van der Waals surface area (Å²) in [6.45, 7) is 7.65. The van der Waals surface area contributed by atoms with Crippen LogP contribution in [0.2, 0.25) is 0 Å². The topological polar surface area (TPSA) is 41.9 Å². The van der Waals surface area contributed by atoms with Crippen molar-refractivity contribution >= 4 is 12.3 Å². The Hall–Kier alpha value is -1.06. The van der Waals surface area contributed by atoms with Gasteiger partial charge in [0, 0.05) is 0 Å². The highest BCUT2D eigenvalue weighted by atomic mass is 16.6. The van der Waals surface area contributed by atoms with Crippen LogP contribution in [0.3, 0.4) is 0 Å². The monoisotopic (exact) mass is 224 g/mol. The molecule has 0 N–H and O–H groups in total. The fourth-order valence-corrected chi connectivity index (χ4v) is 1.92. The fourth-order valence-electron chi connectivity index (χ4n) is 1.92. The normalized spacial score (nSPS) is 28.9. The number of hydrazone groups is 1. The first-order valence-corrected chi connectivity index (χ1v) is 5.88. The van der Waals surface area contributed by atoms with Gasteiger partial charge in [-0.15, -0.1) is 0 Å². The third kappa shape index (κ3) is 2.36. The minimum absolute atomic E-state index is 0.219. The zero-order valence-electron chi connectivity index (χ0n) is 10.5. The summed E-state index contributed by atoms with van der Waals surface area (Å²) in [6.07, 6.45) is 5.10. The molecule has 0 radical (unpaired) electrons. The van der Waals surface area contributed by atoms with Crippen molar-refractivity contribution < 1.29 is 9.53 Å². The van der Waals surface area contributed by atoms with E-state index in [1.54, 1.807) is 0 Å². The molecule has 1 aliphatic carbocycles. The summed E-state index contributed by atoms with van der Waals surface area (Å²) in [7, 11) is 0. The number of ether oxygens (including phenoxy) is 1. The molecule has 2 aliphatic rings. The fraction of sp³-hybridized carbons (Fsp3) is 0.833. The Balaban J connectivity index is 1.95. The molecule has 1 saturated carbocycles. The van der Waals surface area contributed by atoms with Gasteiger partial charge in [-0.1, -0.05) is 12.8 Å². The summed E-state index contributed by atoms with van der Waals surface area (Å²) in [6, 6.07) is 0. The second kappa shape index (κ2) is 3.47. The Morgan fingerprint density at radius 1 is 1.56 bits per heavy atom.